The van der Waals surface area contributed by atoms with Gasteiger partial charge < -0.3 is 5.32 Å². The van der Waals surface area contributed by atoms with Gasteiger partial charge in [0.2, 0.25) is 5.91 Å². The number of carbonyl (C=O) groups excluding carboxylic acids is 1. The Kier molecular flexibility index (Phi) is 4.48. The van der Waals surface area contributed by atoms with Crippen molar-refractivity contribution in [1.82, 2.24) is 0 Å². The summed E-state index contributed by atoms with van der Waals surface area (Å²) in [6.45, 7) is 3.98. The number of sulfone groups is 1. The Bertz CT molecular complexity index is 594. The number of hydrogen-bond donors (Lipinski definition) is 1. The van der Waals surface area contributed by atoms with Gasteiger partial charge in [-0.15, -0.1) is 0 Å². The molecule has 0 radical (unpaired) electrons. The molecule has 1 heterocycles. The standard InChI is InChI=1S/C15H21NO3S/c1-11-3-4-14(12(2)9-11)16-15(17)10-13-5-7-20(18,19)8-6-13/h3-4,9,13H,5-8,10H2,1-2H3,(H,16,17). The van der Waals surface area contributed by atoms with Crippen LogP contribution in [-0.4, -0.2) is 25.8 Å². The van der Waals surface area contributed by atoms with Gasteiger partial charge in [0.05, 0.1) is 11.5 Å². The first kappa shape index (κ1) is 15.0. The van der Waals surface area contributed by atoms with E-state index in [-0.39, 0.29) is 23.3 Å². The molecular formula is C15H21NO3S. The quantitative estimate of drug-likeness (QED) is 0.931. The van der Waals surface area contributed by atoms with Crippen LogP contribution < -0.4 is 5.32 Å². The number of carbonyl (C=O) groups is 1. The maximum atomic E-state index is 12.0. The van der Waals surface area contributed by atoms with E-state index >= 15 is 0 Å². The molecule has 0 bridgehead atoms. The maximum absolute atomic E-state index is 12.0. The van der Waals surface area contributed by atoms with Gasteiger partial charge in [-0.2, -0.15) is 0 Å². The molecule has 4 nitrogen and oxygen atoms in total. The van der Waals surface area contributed by atoms with E-state index in [9.17, 15) is 13.2 Å². The van der Waals surface area contributed by atoms with Crippen molar-refractivity contribution in [2.24, 2.45) is 5.92 Å². The fourth-order valence-electron chi connectivity index (χ4n) is 2.56. The number of nitrogens with one attached hydrogen (secondary N) is 1. The Morgan fingerprint density at radius 1 is 1.25 bits per heavy atom. The lowest BCUT2D eigenvalue weighted by Gasteiger charge is -2.21. The summed E-state index contributed by atoms with van der Waals surface area (Å²) < 4.78 is 22.7. The molecule has 1 amide bonds. The molecule has 0 spiro atoms. The normalized spacial score (nSPS) is 18.7. The summed E-state index contributed by atoms with van der Waals surface area (Å²) in [4.78, 5) is 12.0. The van der Waals surface area contributed by atoms with Crippen LogP contribution in [0.4, 0.5) is 5.69 Å². The predicted octanol–water partition coefficient (Wildman–Crippen LogP) is 2.46. The fourth-order valence-corrected chi connectivity index (χ4v) is 4.15. The van der Waals surface area contributed by atoms with E-state index in [0.29, 0.717) is 19.3 Å². The molecule has 5 heteroatoms. The second-order valence-electron chi connectivity index (χ2n) is 5.67. The zero-order valence-electron chi connectivity index (χ0n) is 12.0. The van der Waals surface area contributed by atoms with E-state index in [4.69, 9.17) is 0 Å². The van der Waals surface area contributed by atoms with Crippen LogP contribution in [0.1, 0.15) is 30.4 Å². The monoisotopic (exact) mass is 295 g/mol. The molecule has 0 saturated carbocycles. The number of aryl methyl sites for hydroxylation is 2. The minimum atomic E-state index is -2.85. The van der Waals surface area contributed by atoms with Crippen molar-refractivity contribution in [3.8, 4) is 0 Å². The Hall–Kier alpha value is -1.36. The first-order valence-corrected chi connectivity index (χ1v) is 8.75. The lowest BCUT2D eigenvalue weighted by molar-refractivity contribution is -0.117. The molecular weight excluding hydrogens is 274 g/mol. The van der Waals surface area contributed by atoms with Crippen molar-refractivity contribution in [3.63, 3.8) is 0 Å². The van der Waals surface area contributed by atoms with E-state index < -0.39 is 9.84 Å². The highest BCUT2D eigenvalue weighted by molar-refractivity contribution is 7.91. The van der Waals surface area contributed by atoms with Crippen molar-refractivity contribution >= 4 is 21.4 Å². The first-order valence-electron chi connectivity index (χ1n) is 6.93. The molecule has 1 fully saturated rings. The zero-order chi connectivity index (χ0) is 14.8. The van der Waals surface area contributed by atoms with E-state index in [1.807, 2.05) is 32.0 Å². The summed E-state index contributed by atoms with van der Waals surface area (Å²) >= 11 is 0. The molecule has 1 aromatic rings. The van der Waals surface area contributed by atoms with Crippen molar-refractivity contribution in [2.75, 3.05) is 16.8 Å². The SMILES string of the molecule is Cc1ccc(NC(=O)CC2CCS(=O)(=O)CC2)c(C)c1. The lowest BCUT2D eigenvalue weighted by atomic mass is 9.98. The van der Waals surface area contributed by atoms with Gasteiger partial charge in [-0.1, -0.05) is 17.7 Å². The molecule has 20 heavy (non-hydrogen) atoms. The molecule has 0 atom stereocenters. The molecule has 1 N–H and O–H groups in total. The van der Waals surface area contributed by atoms with E-state index in [0.717, 1.165) is 16.8 Å². The highest BCUT2D eigenvalue weighted by Crippen LogP contribution is 2.23. The maximum Gasteiger partial charge on any atom is 0.224 e. The average Bonchev–Trinajstić information content (AvgIpc) is 2.35. The average molecular weight is 295 g/mol. The van der Waals surface area contributed by atoms with Crippen molar-refractivity contribution in [1.29, 1.82) is 0 Å². The largest absolute Gasteiger partial charge is 0.326 e. The first-order chi connectivity index (χ1) is 9.35. The minimum Gasteiger partial charge on any atom is -0.326 e. The summed E-state index contributed by atoms with van der Waals surface area (Å²) in [5.74, 6) is 0.591. The van der Waals surface area contributed by atoms with E-state index in [1.54, 1.807) is 0 Å². The summed E-state index contributed by atoms with van der Waals surface area (Å²) in [6.07, 6.45) is 1.61. The number of amides is 1. The number of anilines is 1. The van der Waals surface area contributed by atoms with Crippen LogP contribution in [0.2, 0.25) is 0 Å². The van der Waals surface area contributed by atoms with Gasteiger partial charge in [0.15, 0.2) is 0 Å². The van der Waals surface area contributed by atoms with Crippen molar-refractivity contribution in [2.45, 2.75) is 33.1 Å². The van der Waals surface area contributed by atoms with Crippen LogP contribution in [0.5, 0.6) is 0 Å². The van der Waals surface area contributed by atoms with Crippen molar-refractivity contribution < 1.29 is 13.2 Å². The molecule has 110 valence electrons. The Balaban J connectivity index is 1.90. The molecule has 1 aromatic carbocycles. The van der Waals surface area contributed by atoms with Gasteiger partial charge in [0, 0.05) is 12.1 Å². The van der Waals surface area contributed by atoms with Gasteiger partial charge in [-0.25, -0.2) is 8.42 Å². The predicted molar refractivity (Wildman–Crippen MR) is 80.5 cm³/mol. The number of rotatable bonds is 3. The topological polar surface area (TPSA) is 63.2 Å². The number of hydrogen-bond acceptors (Lipinski definition) is 3. The van der Waals surface area contributed by atoms with Crippen molar-refractivity contribution in [3.05, 3.63) is 29.3 Å². The zero-order valence-corrected chi connectivity index (χ0v) is 12.8. The summed E-state index contributed by atoms with van der Waals surface area (Å²) in [5.41, 5.74) is 3.05. The molecule has 1 aliphatic rings. The number of benzene rings is 1. The van der Waals surface area contributed by atoms with Crippen LogP contribution >= 0.6 is 0 Å². The molecule has 1 saturated heterocycles. The second-order valence-corrected chi connectivity index (χ2v) is 7.97. The van der Waals surface area contributed by atoms with Gasteiger partial charge in [-0.05, 0) is 44.2 Å². The smallest absolute Gasteiger partial charge is 0.224 e. The van der Waals surface area contributed by atoms with Gasteiger partial charge in [0.1, 0.15) is 9.84 Å². The molecule has 0 aromatic heterocycles. The molecule has 1 aliphatic heterocycles. The van der Waals surface area contributed by atoms with Crippen LogP contribution in [0, 0.1) is 19.8 Å². The van der Waals surface area contributed by atoms with Crippen LogP contribution in [0.3, 0.4) is 0 Å². The van der Waals surface area contributed by atoms with Gasteiger partial charge >= 0.3 is 0 Å². The Morgan fingerprint density at radius 3 is 2.50 bits per heavy atom. The third kappa shape index (κ3) is 4.07. The van der Waals surface area contributed by atoms with Crippen LogP contribution in [-0.2, 0) is 14.6 Å². The Labute approximate surface area is 120 Å². The van der Waals surface area contributed by atoms with Crippen LogP contribution in [0.15, 0.2) is 18.2 Å². The highest BCUT2D eigenvalue weighted by Gasteiger charge is 2.25. The second kappa shape index (κ2) is 5.95. The highest BCUT2D eigenvalue weighted by atomic mass is 32.2. The summed E-state index contributed by atoms with van der Waals surface area (Å²) in [5, 5.41) is 2.92. The third-order valence-corrected chi connectivity index (χ3v) is 5.52. The summed E-state index contributed by atoms with van der Waals surface area (Å²) in [6, 6.07) is 5.91. The minimum absolute atomic E-state index is 0.0266. The molecule has 2 rings (SSSR count). The van der Waals surface area contributed by atoms with E-state index in [1.165, 1.54) is 0 Å². The Morgan fingerprint density at radius 2 is 1.90 bits per heavy atom. The molecule has 0 unspecified atom stereocenters. The summed E-state index contributed by atoms with van der Waals surface area (Å²) in [7, 11) is -2.85. The lowest BCUT2D eigenvalue weighted by Crippen LogP contribution is -2.26. The third-order valence-electron chi connectivity index (χ3n) is 3.80. The van der Waals surface area contributed by atoms with E-state index in [2.05, 4.69) is 5.32 Å². The van der Waals surface area contributed by atoms with Crippen LogP contribution in [0.25, 0.3) is 0 Å². The van der Waals surface area contributed by atoms with Gasteiger partial charge in [-0.3, -0.25) is 4.79 Å². The molecule has 0 aliphatic carbocycles. The fraction of sp³-hybridized carbons (Fsp3) is 0.533. The van der Waals surface area contributed by atoms with Gasteiger partial charge in [0.25, 0.3) is 0 Å².